The zero-order valence-electron chi connectivity index (χ0n) is 12.6. The van der Waals surface area contributed by atoms with Crippen LogP contribution in [0.25, 0.3) is 11.1 Å². The van der Waals surface area contributed by atoms with Crippen molar-refractivity contribution in [1.82, 2.24) is 15.1 Å². The summed E-state index contributed by atoms with van der Waals surface area (Å²) >= 11 is 0. The van der Waals surface area contributed by atoms with Crippen molar-refractivity contribution in [3.63, 3.8) is 0 Å². The number of hydrogen-bond donors (Lipinski definition) is 1. The van der Waals surface area contributed by atoms with Crippen LogP contribution in [0.4, 0.5) is 0 Å². The number of rotatable bonds is 5. The van der Waals surface area contributed by atoms with E-state index in [2.05, 4.69) is 48.7 Å². The molecule has 0 radical (unpaired) electrons. The zero-order valence-corrected chi connectivity index (χ0v) is 12.6. The van der Waals surface area contributed by atoms with Crippen molar-refractivity contribution in [3.8, 4) is 11.1 Å². The minimum absolute atomic E-state index is 0.764. The van der Waals surface area contributed by atoms with Crippen LogP contribution in [-0.4, -0.2) is 15.8 Å². The third kappa shape index (κ3) is 2.78. The molecule has 1 N–H and O–H groups in total. The molecule has 0 unspecified atom stereocenters. The van der Waals surface area contributed by atoms with E-state index < -0.39 is 0 Å². The molecule has 1 heterocycles. The highest BCUT2D eigenvalue weighted by Gasteiger charge is 2.20. The standard InChI is InChI=1S/C17H23N3/c1-4-17-16(11-20(3)19-17)15-8-5-13(9-12(15)2)10-18-14-6-7-14/h5,8-9,11,14,18H,4,6-7,10H2,1-3H3. The van der Waals surface area contributed by atoms with Crippen LogP contribution < -0.4 is 5.32 Å². The first-order chi connectivity index (χ1) is 9.67. The van der Waals surface area contributed by atoms with Gasteiger partial charge >= 0.3 is 0 Å². The Balaban J connectivity index is 1.85. The third-order valence-electron chi connectivity index (χ3n) is 3.99. The lowest BCUT2D eigenvalue weighted by atomic mass is 9.98. The maximum absolute atomic E-state index is 4.54. The molecule has 1 aliphatic carbocycles. The SMILES string of the molecule is CCc1nn(C)cc1-c1ccc(CNC2CC2)cc1C. The Hall–Kier alpha value is -1.61. The lowest BCUT2D eigenvalue weighted by molar-refractivity contribution is 0.687. The first-order valence-corrected chi connectivity index (χ1v) is 7.53. The second kappa shape index (κ2) is 5.41. The lowest BCUT2D eigenvalue weighted by Gasteiger charge is -2.09. The predicted octanol–water partition coefficient (Wildman–Crippen LogP) is 3.21. The quantitative estimate of drug-likeness (QED) is 0.903. The van der Waals surface area contributed by atoms with Gasteiger partial charge in [0.25, 0.3) is 0 Å². The first kappa shape index (κ1) is 13.4. The summed E-state index contributed by atoms with van der Waals surface area (Å²) in [5.41, 5.74) is 6.47. The zero-order chi connectivity index (χ0) is 14.1. The van der Waals surface area contributed by atoms with E-state index in [1.165, 1.54) is 40.8 Å². The Morgan fingerprint density at radius 2 is 2.10 bits per heavy atom. The van der Waals surface area contributed by atoms with Gasteiger partial charge in [0.15, 0.2) is 0 Å². The Kier molecular flexibility index (Phi) is 3.62. The molecule has 0 amide bonds. The highest BCUT2D eigenvalue weighted by molar-refractivity contribution is 5.69. The molecule has 0 atom stereocenters. The minimum Gasteiger partial charge on any atom is -0.310 e. The summed E-state index contributed by atoms with van der Waals surface area (Å²) in [6, 6.07) is 7.55. The van der Waals surface area contributed by atoms with E-state index in [0.717, 1.165) is 19.0 Å². The van der Waals surface area contributed by atoms with E-state index in [1.54, 1.807) is 0 Å². The van der Waals surface area contributed by atoms with Crippen LogP contribution in [0.2, 0.25) is 0 Å². The molecule has 0 spiro atoms. The average molecular weight is 269 g/mol. The molecule has 1 fully saturated rings. The molecule has 2 aromatic rings. The number of benzene rings is 1. The van der Waals surface area contributed by atoms with Gasteiger partial charge in [0.1, 0.15) is 0 Å². The van der Waals surface area contributed by atoms with E-state index in [-0.39, 0.29) is 0 Å². The average Bonchev–Trinajstić information content (AvgIpc) is 3.18. The Morgan fingerprint density at radius 3 is 2.75 bits per heavy atom. The van der Waals surface area contributed by atoms with Crippen molar-refractivity contribution >= 4 is 0 Å². The van der Waals surface area contributed by atoms with Gasteiger partial charge in [-0.15, -0.1) is 0 Å². The largest absolute Gasteiger partial charge is 0.310 e. The molecule has 0 aliphatic heterocycles. The molecule has 3 rings (SSSR count). The number of hydrogen-bond acceptors (Lipinski definition) is 2. The van der Waals surface area contributed by atoms with Gasteiger partial charge in [-0.05, 0) is 42.9 Å². The van der Waals surface area contributed by atoms with Gasteiger partial charge in [0, 0.05) is 31.4 Å². The van der Waals surface area contributed by atoms with E-state index in [0.29, 0.717) is 0 Å². The van der Waals surface area contributed by atoms with Crippen LogP contribution in [0.3, 0.4) is 0 Å². The van der Waals surface area contributed by atoms with Crippen LogP contribution in [0.15, 0.2) is 24.4 Å². The molecular weight excluding hydrogens is 246 g/mol. The molecule has 20 heavy (non-hydrogen) atoms. The second-order valence-electron chi connectivity index (χ2n) is 5.82. The van der Waals surface area contributed by atoms with Gasteiger partial charge in [0.2, 0.25) is 0 Å². The molecule has 1 aromatic heterocycles. The van der Waals surface area contributed by atoms with Crippen molar-refractivity contribution in [3.05, 3.63) is 41.2 Å². The highest BCUT2D eigenvalue weighted by Crippen LogP contribution is 2.27. The Labute approximate surface area is 121 Å². The topological polar surface area (TPSA) is 29.9 Å². The summed E-state index contributed by atoms with van der Waals surface area (Å²) in [5, 5.41) is 8.11. The third-order valence-corrected chi connectivity index (χ3v) is 3.99. The van der Waals surface area contributed by atoms with Crippen LogP contribution in [0.1, 0.15) is 36.6 Å². The van der Waals surface area contributed by atoms with Gasteiger partial charge < -0.3 is 5.32 Å². The maximum Gasteiger partial charge on any atom is 0.0700 e. The summed E-state index contributed by atoms with van der Waals surface area (Å²) < 4.78 is 1.91. The van der Waals surface area contributed by atoms with Gasteiger partial charge in [-0.1, -0.05) is 25.1 Å². The van der Waals surface area contributed by atoms with Crippen LogP contribution in [0, 0.1) is 6.92 Å². The van der Waals surface area contributed by atoms with Gasteiger partial charge in [-0.25, -0.2) is 0 Å². The number of nitrogens with zero attached hydrogens (tertiary/aromatic N) is 2. The summed E-state index contributed by atoms with van der Waals surface area (Å²) in [6.45, 7) is 5.34. The van der Waals surface area contributed by atoms with Crippen molar-refractivity contribution < 1.29 is 0 Å². The van der Waals surface area contributed by atoms with Crippen molar-refractivity contribution in [2.75, 3.05) is 0 Å². The summed E-state index contributed by atoms with van der Waals surface area (Å²) in [7, 11) is 1.99. The maximum atomic E-state index is 4.54. The number of aromatic nitrogens is 2. The fourth-order valence-electron chi connectivity index (χ4n) is 2.71. The molecule has 0 bridgehead atoms. The molecule has 1 aliphatic rings. The van der Waals surface area contributed by atoms with Crippen LogP contribution >= 0.6 is 0 Å². The fourth-order valence-corrected chi connectivity index (χ4v) is 2.71. The highest BCUT2D eigenvalue weighted by atomic mass is 15.2. The smallest absolute Gasteiger partial charge is 0.0700 e. The normalized spacial score (nSPS) is 14.8. The van der Waals surface area contributed by atoms with Crippen molar-refractivity contribution in [2.45, 2.75) is 45.7 Å². The number of aryl methyl sites for hydroxylation is 3. The molecule has 3 nitrogen and oxygen atoms in total. The van der Waals surface area contributed by atoms with E-state index in [9.17, 15) is 0 Å². The summed E-state index contributed by atoms with van der Waals surface area (Å²) in [6.07, 6.45) is 5.78. The molecular formula is C17H23N3. The van der Waals surface area contributed by atoms with E-state index in [4.69, 9.17) is 0 Å². The molecule has 3 heteroatoms. The lowest BCUT2D eigenvalue weighted by Crippen LogP contribution is -2.15. The van der Waals surface area contributed by atoms with Gasteiger partial charge in [0.05, 0.1) is 5.69 Å². The van der Waals surface area contributed by atoms with Gasteiger partial charge in [-0.3, -0.25) is 4.68 Å². The van der Waals surface area contributed by atoms with Crippen molar-refractivity contribution in [1.29, 1.82) is 0 Å². The van der Waals surface area contributed by atoms with Crippen molar-refractivity contribution in [2.24, 2.45) is 7.05 Å². The van der Waals surface area contributed by atoms with Crippen LogP contribution in [-0.2, 0) is 20.0 Å². The Bertz CT molecular complexity index is 609. The second-order valence-corrected chi connectivity index (χ2v) is 5.82. The first-order valence-electron chi connectivity index (χ1n) is 7.53. The van der Waals surface area contributed by atoms with Crippen LogP contribution in [0.5, 0.6) is 0 Å². The molecule has 1 aromatic carbocycles. The van der Waals surface area contributed by atoms with Gasteiger partial charge in [-0.2, -0.15) is 5.10 Å². The summed E-state index contributed by atoms with van der Waals surface area (Å²) in [5.74, 6) is 0. The predicted molar refractivity (Wildman–Crippen MR) is 82.6 cm³/mol. The Morgan fingerprint density at radius 1 is 1.30 bits per heavy atom. The van der Waals surface area contributed by atoms with E-state index >= 15 is 0 Å². The summed E-state index contributed by atoms with van der Waals surface area (Å²) in [4.78, 5) is 0. The molecule has 106 valence electrons. The monoisotopic (exact) mass is 269 g/mol. The van der Waals surface area contributed by atoms with E-state index in [1.807, 2.05) is 11.7 Å². The fraction of sp³-hybridized carbons (Fsp3) is 0.471. The minimum atomic E-state index is 0.764. The molecule has 0 saturated heterocycles. The number of nitrogens with one attached hydrogen (secondary N) is 1. The molecule has 1 saturated carbocycles.